The minimum Gasteiger partial charge on any atom is -0.317 e. The van der Waals surface area contributed by atoms with Gasteiger partial charge in [-0.1, -0.05) is 59.7 Å². The van der Waals surface area contributed by atoms with Gasteiger partial charge in [-0.15, -0.1) is 5.54 Å². The molecule has 0 aliphatic heterocycles. The Bertz CT molecular complexity index is 575. The van der Waals surface area contributed by atoms with E-state index >= 15 is 0 Å². The second kappa shape index (κ2) is 8.33. The molecular formula is C19H31O2PSi. The fraction of sp³-hybridized carbons (Fsp3) is 0.579. The molecule has 0 aromatic heterocycles. The maximum absolute atomic E-state index is 13.4. The lowest BCUT2D eigenvalue weighted by Gasteiger charge is -2.38. The highest BCUT2D eigenvalue weighted by Crippen LogP contribution is 2.46. The van der Waals surface area contributed by atoms with E-state index in [1.165, 1.54) is 0 Å². The number of hydrogen-bond donors (Lipinski definition) is 0. The minimum absolute atomic E-state index is 0.403. The summed E-state index contributed by atoms with van der Waals surface area (Å²) in [5, 5.41) is 0.702. The quantitative estimate of drug-likeness (QED) is 0.368. The average Bonchev–Trinajstić information content (AvgIpc) is 2.48. The summed E-state index contributed by atoms with van der Waals surface area (Å²) in [6.07, 6.45) is 0. The zero-order valence-electron chi connectivity index (χ0n) is 15.6. The first kappa shape index (κ1) is 20.2. The van der Waals surface area contributed by atoms with Gasteiger partial charge < -0.3 is 4.52 Å². The van der Waals surface area contributed by atoms with Crippen molar-refractivity contribution >= 4 is 20.7 Å². The summed E-state index contributed by atoms with van der Waals surface area (Å²) >= 11 is 0. The van der Waals surface area contributed by atoms with Crippen LogP contribution in [0.1, 0.15) is 48.5 Å². The van der Waals surface area contributed by atoms with Gasteiger partial charge in [-0.25, -0.2) is 0 Å². The van der Waals surface area contributed by atoms with Crippen LogP contribution in [0.2, 0.25) is 16.6 Å². The molecule has 0 saturated carbocycles. The molecule has 0 spiro atoms. The van der Waals surface area contributed by atoms with E-state index in [1.807, 2.05) is 37.3 Å². The molecule has 0 heterocycles. The van der Waals surface area contributed by atoms with Crippen molar-refractivity contribution in [1.29, 1.82) is 0 Å². The Balaban J connectivity index is 3.44. The van der Waals surface area contributed by atoms with Crippen molar-refractivity contribution in [3.8, 4) is 11.2 Å². The van der Waals surface area contributed by atoms with Gasteiger partial charge in [0.05, 0.1) is 6.61 Å². The Morgan fingerprint density at radius 3 is 1.87 bits per heavy atom. The van der Waals surface area contributed by atoms with Crippen molar-refractivity contribution in [2.75, 3.05) is 6.61 Å². The van der Waals surface area contributed by atoms with E-state index in [1.54, 1.807) is 0 Å². The molecular weight excluding hydrogens is 319 g/mol. The summed E-state index contributed by atoms with van der Waals surface area (Å²) in [5.41, 5.74) is 8.24. The molecule has 0 aliphatic carbocycles. The summed E-state index contributed by atoms with van der Waals surface area (Å²) < 4.78 is 19.0. The topological polar surface area (TPSA) is 26.3 Å². The molecule has 0 aliphatic rings. The molecule has 0 radical (unpaired) electrons. The van der Waals surface area contributed by atoms with Crippen molar-refractivity contribution in [3.63, 3.8) is 0 Å². The maximum atomic E-state index is 13.4. The van der Waals surface area contributed by atoms with Crippen molar-refractivity contribution in [2.45, 2.75) is 65.1 Å². The second-order valence-electron chi connectivity index (χ2n) is 6.94. The van der Waals surface area contributed by atoms with Gasteiger partial charge in [0.2, 0.25) is 0 Å². The van der Waals surface area contributed by atoms with Gasteiger partial charge in [0.1, 0.15) is 8.07 Å². The highest BCUT2D eigenvalue weighted by atomic mass is 31.2. The van der Waals surface area contributed by atoms with E-state index in [0.29, 0.717) is 28.5 Å². The fourth-order valence-electron chi connectivity index (χ4n) is 3.58. The highest BCUT2D eigenvalue weighted by molar-refractivity contribution is 7.72. The molecule has 1 rings (SSSR count). The largest absolute Gasteiger partial charge is 0.317 e. The Labute approximate surface area is 143 Å². The number of hydrogen-bond acceptors (Lipinski definition) is 2. The minimum atomic E-state index is -3.11. The highest BCUT2D eigenvalue weighted by Gasteiger charge is 2.42. The molecule has 2 nitrogen and oxygen atoms in total. The molecule has 0 N–H and O–H groups in total. The first-order valence-corrected chi connectivity index (χ1v) is 12.4. The lowest BCUT2D eigenvalue weighted by Crippen LogP contribution is -2.43. The van der Waals surface area contributed by atoms with E-state index in [4.69, 9.17) is 4.52 Å². The first-order chi connectivity index (χ1) is 10.7. The van der Waals surface area contributed by atoms with Crippen LogP contribution in [-0.2, 0) is 9.09 Å². The van der Waals surface area contributed by atoms with Crippen LogP contribution in [0, 0.1) is 11.2 Å². The average molecular weight is 351 g/mol. The smallest absolute Gasteiger partial charge is 0.302 e. The Morgan fingerprint density at radius 1 is 1.00 bits per heavy atom. The maximum Gasteiger partial charge on any atom is 0.302 e. The van der Waals surface area contributed by atoms with Crippen molar-refractivity contribution in [3.05, 3.63) is 30.3 Å². The van der Waals surface area contributed by atoms with Crippen LogP contribution in [0.15, 0.2) is 30.3 Å². The van der Waals surface area contributed by atoms with E-state index in [0.717, 1.165) is 0 Å². The number of rotatable bonds is 6. The molecule has 4 heteroatoms. The standard InChI is InChI=1S/C19H31O2PSi/c1-8-21-22(20,19-12-10-9-11-13-19)14-15-23(16(2)3,17(4)5)18(6)7/h9-13,16-18H,8H2,1-7H3. The molecule has 0 bridgehead atoms. The Morgan fingerprint density at radius 2 is 1.48 bits per heavy atom. The molecule has 0 amide bonds. The Hall–Kier alpha value is -0.813. The predicted octanol–water partition coefficient (Wildman–Crippen LogP) is 5.81. The predicted molar refractivity (Wildman–Crippen MR) is 104 cm³/mol. The van der Waals surface area contributed by atoms with Crippen molar-refractivity contribution in [1.82, 2.24) is 0 Å². The van der Waals surface area contributed by atoms with Gasteiger partial charge in [-0.3, -0.25) is 4.57 Å². The molecule has 1 aromatic rings. The van der Waals surface area contributed by atoms with Crippen molar-refractivity contribution < 1.29 is 9.09 Å². The van der Waals surface area contributed by atoms with Crippen LogP contribution in [-0.4, -0.2) is 14.7 Å². The van der Waals surface area contributed by atoms with E-state index < -0.39 is 15.4 Å². The van der Waals surface area contributed by atoms with Crippen LogP contribution >= 0.6 is 7.37 Å². The van der Waals surface area contributed by atoms with Gasteiger partial charge >= 0.3 is 7.37 Å². The molecule has 1 atom stereocenters. The van der Waals surface area contributed by atoms with Crippen LogP contribution < -0.4 is 5.30 Å². The lowest BCUT2D eigenvalue weighted by atomic mass is 10.4. The van der Waals surface area contributed by atoms with Crippen LogP contribution in [0.5, 0.6) is 0 Å². The van der Waals surface area contributed by atoms with E-state index in [-0.39, 0.29) is 0 Å². The molecule has 1 aromatic carbocycles. The van der Waals surface area contributed by atoms with Crippen molar-refractivity contribution in [2.24, 2.45) is 0 Å². The van der Waals surface area contributed by atoms with Gasteiger partial charge in [0.25, 0.3) is 0 Å². The van der Waals surface area contributed by atoms with Gasteiger partial charge in [0.15, 0.2) is 0 Å². The Kier molecular flexibility index (Phi) is 7.33. The molecule has 128 valence electrons. The summed E-state index contributed by atoms with van der Waals surface area (Å²) in [6.45, 7) is 15.8. The summed E-state index contributed by atoms with van der Waals surface area (Å²) in [6, 6.07) is 9.41. The molecule has 0 fully saturated rings. The third-order valence-electron chi connectivity index (χ3n) is 4.69. The lowest BCUT2D eigenvalue weighted by molar-refractivity contribution is 0.348. The SMILES string of the molecule is CCOP(=O)(C#C[Si](C(C)C)(C(C)C)C(C)C)c1ccccc1. The van der Waals surface area contributed by atoms with Crippen LogP contribution in [0.25, 0.3) is 0 Å². The fourth-order valence-corrected chi connectivity index (χ4v) is 11.1. The third kappa shape index (κ3) is 4.38. The zero-order chi connectivity index (χ0) is 17.7. The number of benzene rings is 1. The summed E-state index contributed by atoms with van der Waals surface area (Å²) in [7, 11) is -5.03. The molecule has 0 saturated heterocycles. The van der Waals surface area contributed by atoms with Gasteiger partial charge in [0, 0.05) is 5.30 Å². The first-order valence-electron chi connectivity index (χ1n) is 8.55. The van der Waals surface area contributed by atoms with Gasteiger partial charge in [-0.05, 0) is 41.3 Å². The molecule has 1 unspecified atom stereocenters. The van der Waals surface area contributed by atoms with E-state index in [9.17, 15) is 4.57 Å². The van der Waals surface area contributed by atoms with Gasteiger partial charge in [-0.2, -0.15) is 0 Å². The van der Waals surface area contributed by atoms with E-state index in [2.05, 4.69) is 52.7 Å². The summed E-state index contributed by atoms with van der Waals surface area (Å²) in [5.74, 6) is 0. The second-order valence-corrected chi connectivity index (χ2v) is 14.6. The molecule has 23 heavy (non-hydrogen) atoms. The van der Waals surface area contributed by atoms with Crippen LogP contribution in [0.4, 0.5) is 0 Å². The monoisotopic (exact) mass is 350 g/mol. The third-order valence-corrected chi connectivity index (χ3v) is 13.2. The van der Waals surface area contributed by atoms with Crippen LogP contribution in [0.3, 0.4) is 0 Å². The normalized spacial score (nSPS) is 14.7. The zero-order valence-corrected chi connectivity index (χ0v) is 17.5. The summed E-state index contributed by atoms with van der Waals surface area (Å²) in [4.78, 5) is 0.